The van der Waals surface area contributed by atoms with E-state index in [0.29, 0.717) is 0 Å². The third kappa shape index (κ3) is 8.68. The molecule has 0 saturated heterocycles. The van der Waals surface area contributed by atoms with Gasteiger partial charge in [-0.1, -0.05) is 0 Å². The van der Waals surface area contributed by atoms with Crippen LogP contribution in [-0.4, -0.2) is 59.4 Å². The van der Waals surface area contributed by atoms with Gasteiger partial charge in [0.1, 0.15) is 12.1 Å². The zero-order valence-electron chi connectivity index (χ0n) is 13.5. The zero-order valence-corrected chi connectivity index (χ0v) is 13.5. The topological polar surface area (TPSA) is 194 Å². The molecule has 0 radical (unpaired) electrons. The van der Waals surface area contributed by atoms with E-state index in [4.69, 9.17) is 16.6 Å². The van der Waals surface area contributed by atoms with Crippen LogP contribution in [0.3, 0.4) is 0 Å². The summed E-state index contributed by atoms with van der Waals surface area (Å²) < 4.78 is 0. The Balaban J connectivity index is 4.35. The number of rotatable bonds is 10. The largest absolute Gasteiger partial charge is 0.480 e. The minimum atomic E-state index is -1.33. The number of primary amides is 1. The quantitative estimate of drug-likeness (QED) is 0.240. The van der Waals surface area contributed by atoms with Crippen molar-refractivity contribution < 1.29 is 29.1 Å². The Labute approximate surface area is 138 Å². The van der Waals surface area contributed by atoms with Gasteiger partial charge in [0.25, 0.3) is 0 Å². The lowest BCUT2D eigenvalue weighted by molar-refractivity contribution is -0.142. The van der Waals surface area contributed by atoms with E-state index in [1.54, 1.807) is 0 Å². The van der Waals surface area contributed by atoms with Gasteiger partial charge < -0.3 is 32.5 Å². The van der Waals surface area contributed by atoms with E-state index >= 15 is 0 Å². The fourth-order valence-electron chi connectivity index (χ4n) is 1.52. The summed E-state index contributed by atoms with van der Waals surface area (Å²) in [6.07, 6.45) is -0.366. The molecule has 3 unspecified atom stereocenters. The zero-order chi connectivity index (χ0) is 18.9. The van der Waals surface area contributed by atoms with E-state index in [0.717, 1.165) is 0 Å². The van der Waals surface area contributed by atoms with Crippen LogP contribution in [0.2, 0.25) is 0 Å². The second kappa shape index (κ2) is 10.2. The smallest absolute Gasteiger partial charge is 0.326 e. The molecule has 24 heavy (non-hydrogen) atoms. The van der Waals surface area contributed by atoms with Crippen LogP contribution in [0, 0.1) is 0 Å². The number of carbonyl (C=O) groups excluding carboxylic acids is 4. The number of nitrogens with one attached hydrogen (secondary N) is 3. The minimum Gasteiger partial charge on any atom is -0.480 e. The Hall–Kier alpha value is -2.69. The molecule has 0 aromatic carbocycles. The van der Waals surface area contributed by atoms with Crippen LogP contribution < -0.4 is 27.4 Å². The van der Waals surface area contributed by atoms with Crippen LogP contribution in [0.4, 0.5) is 0 Å². The highest BCUT2D eigenvalue weighted by Crippen LogP contribution is 1.97. The van der Waals surface area contributed by atoms with E-state index in [-0.39, 0.29) is 12.8 Å². The van der Waals surface area contributed by atoms with Crippen LogP contribution in [0.1, 0.15) is 26.7 Å². The van der Waals surface area contributed by atoms with E-state index in [9.17, 15) is 24.0 Å². The van der Waals surface area contributed by atoms with Crippen molar-refractivity contribution in [2.24, 2.45) is 11.5 Å². The summed E-state index contributed by atoms with van der Waals surface area (Å²) >= 11 is 0. The van der Waals surface area contributed by atoms with Crippen molar-refractivity contribution in [3.8, 4) is 0 Å². The van der Waals surface area contributed by atoms with Gasteiger partial charge in [-0.25, -0.2) is 4.79 Å². The average molecular weight is 345 g/mol. The molecular weight excluding hydrogens is 322 g/mol. The summed E-state index contributed by atoms with van der Waals surface area (Å²) in [5.41, 5.74) is 10.3. The number of nitrogens with two attached hydrogens (primary N) is 2. The molecular formula is C13H23N5O6. The number of carboxylic acid groups (broad SMARTS) is 1. The molecule has 0 aromatic heterocycles. The summed E-state index contributed by atoms with van der Waals surface area (Å²) in [6.45, 7) is 2.36. The first-order valence-corrected chi connectivity index (χ1v) is 7.18. The third-order valence-electron chi connectivity index (χ3n) is 2.90. The molecule has 0 rings (SSSR count). The molecule has 4 amide bonds. The van der Waals surface area contributed by atoms with Crippen molar-refractivity contribution in [2.45, 2.75) is 44.8 Å². The highest BCUT2D eigenvalue weighted by Gasteiger charge is 2.22. The number of amides is 4. The van der Waals surface area contributed by atoms with E-state index in [2.05, 4.69) is 16.0 Å². The maximum absolute atomic E-state index is 11.7. The van der Waals surface area contributed by atoms with Gasteiger partial charge >= 0.3 is 5.97 Å². The highest BCUT2D eigenvalue weighted by molar-refractivity contribution is 5.92. The van der Waals surface area contributed by atoms with Crippen LogP contribution in [0.15, 0.2) is 0 Å². The lowest BCUT2D eigenvalue weighted by atomic mass is 10.1. The van der Waals surface area contributed by atoms with Crippen molar-refractivity contribution >= 4 is 29.6 Å². The molecule has 0 aliphatic heterocycles. The van der Waals surface area contributed by atoms with Crippen molar-refractivity contribution in [3.63, 3.8) is 0 Å². The molecule has 0 aromatic rings. The molecule has 0 aliphatic carbocycles. The van der Waals surface area contributed by atoms with Crippen molar-refractivity contribution in [3.05, 3.63) is 0 Å². The lowest BCUT2D eigenvalue weighted by Crippen LogP contribution is -2.51. The van der Waals surface area contributed by atoms with E-state index < -0.39 is 54.3 Å². The number of hydrogen-bond donors (Lipinski definition) is 6. The SMILES string of the molecule is CC(N)C(=O)NC(C)C(=O)NCC(=O)NC(CCC(N)=O)C(=O)O. The maximum atomic E-state index is 11.7. The third-order valence-corrected chi connectivity index (χ3v) is 2.90. The van der Waals surface area contributed by atoms with Crippen LogP contribution in [-0.2, 0) is 24.0 Å². The van der Waals surface area contributed by atoms with Gasteiger partial charge in [0.15, 0.2) is 0 Å². The normalized spacial score (nSPS) is 14.0. The van der Waals surface area contributed by atoms with Crippen molar-refractivity contribution in [2.75, 3.05) is 6.54 Å². The molecule has 0 bridgehead atoms. The molecule has 0 spiro atoms. The van der Waals surface area contributed by atoms with Crippen LogP contribution in [0.5, 0.6) is 0 Å². The second-order valence-corrected chi connectivity index (χ2v) is 5.20. The first-order valence-electron chi connectivity index (χ1n) is 7.18. The predicted molar refractivity (Wildman–Crippen MR) is 82.3 cm³/mol. The summed E-state index contributed by atoms with van der Waals surface area (Å²) in [4.78, 5) is 56.3. The van der Waals surface area contributed by atoms with E-state index in [1.165, 1.54) is 13.8 Å². The van der Waals surface area contributed by atoms with Gasteiger partial charge in [-0.15, -0.1) is 0 Å². The van der Waals surface area contributed by atoms with Gasteiger partial charge in [0, 0.05) is 6.42 Å². The first kappa shape index (κ1) is 21.3. The first-order chi connectivity index (χ1) is 11.0. The Kier molecular flexibility index (Phi) is 9.02. The van der Waals surface area contributed by atoms with Crippen molar-refractivity contribution in [1.82, 2.24) is 16.0 Å². The molecule has 11 nitrogen and oxygen atoms in total. The summed E-state index contributed by atoms with van der Waals surface area (Å²) in [5, 5.41) is 15.7. The Morgan fingerprint density at radius 2 is 1.62 bits per heavy atom. The summed E-state index contributed by atoms with van der Waals surface area (Å²) in [6, 6.07) is -3.00. The molecule has 136 valence electrons. The second-order valence-electron chi connectivity index (χ2n) is 5.20. The summed E-state index contributed by atoms with van der Waals surface area (Å²) in [5.74, 6) is -3.94. The average Bonchev–Trinajstić information content (AvgIpc) is 2.47. The van der Waals surface area contributed by atoms with Gasteiger partial charge in [0.2, 0.25) is 23.6 Å². The molecule has 0 aliphatic rings. The lowest BCUT2D eigenvalue weighted by Gasteiger charge is -2.17. The predicted octanol–water partition coefficient (Wildman–Crippen LogP) is -3.21. The summed E-state index contributed by atoms with van der Waals surface area (Å²) in [7, 11) is 0. The molecule has 0 saturated carbocycles. The number of carboxylic acids is 1. The fraction of sp³-hybridized carbons (Fsp3) is 0.615. The fourth-order valence-corrected chi connectivity index (χ4v) is 1.52. The number of carbonyl (C=O) groups is 5. The molecule has 0 heterocycles. The van der Waals surface area contributed by atoms with Gasteiger partial charge in [0.05, 0.1) is 12.6 Å². The molecule has 11 heteroatoms. The van der Waals surface area contributed by atoms with E-state index in [1.807, 2.05) is 0 Å². The molecule has 8 N–H and O–H groups in total. The Bertz CT molecular complexity index is 507. The maximum Gasteiger partial charge on any atom is 0.326 e. The number of hydrogen-bond acceptors (Lipinski definition) is 6. The number of aliphatic carboxylic acids is 1. The van der Waals surface area contributed by atoms with Gasteiger partial charge in [-0.2, -0.15) is 0 Å². The van der Waals surface area contributed by atoms with Gasteiger partial charge in [-0.3, -0.25) is 19.2 Å². The Morgan fingerprint density at radius 3 is 2.08 bits per heavy atom. The van der Waals surface area contributed by atoms with Crippen LogP contribution in [0.25, 0.3) is 0 Å². The standard InChI is InChI=1S/C13H23N5O6/c1-6(14)11(21)17-7(2)12(22)16-5-10(20)18-8(13(23)24)3-4-9(15)19/h6-8H,3-5,14H2,1-2H3,(H2,15,19)(H,16,22)(H,17,21)(H,18,20)(H,23,24). The van der Waals surface area contributed by atoms with Gasteiger partial charge in [-0.05, 0) is 20.3 Å². The Morgan fingerprint density at radius 1 is 1.04 bits per heavy atom. The monoisotopic (exact) mass is 345 g/mol. The molecule has 0 fully saturated rings. The highest BCUT2D eigenvalue weighted by atomic mass is 16.4. The van der Waals surface area contributed by atoms with Crippen molar-refractivity contribution in [1.29, 1.82) is 0 Å². The molecule has 3 atom stereocenters. The van der Waals surface area contributed by atoms with Crippen LogP contribution >= 0.6 is 0 Å². The minimum absolute atomic E-state index is 0.162.